The molecule has 0 aromatic heterocycles. The monoisotopic (exact) mass is 269 g/mol. The zero-order valence-corrected chi connectivity index (χ0v) is 11.3. The largest absolute Gasteiger partial charge is 0.382 e. The van der Waals surface area contributed by atoms with E-state index in [0.29, 0.717) is 10.9 Å². The summed E-state index contributed by atoms with van der Waals surface area (Å²) in [6.07, 6.45) is 2.19. The maximum absolute atomic E-state index is 11.6. The molecule has 1 aliphatic rings. The molecule has 1 fully saturated rings. The third kappa shape index (κ3) is 3.22. The van der Waals surface area contributed by atoms with Crippen molar-refractivity contribution in [3.05, 3.63) is 24.3 Å². The van der Waals surface area contributed by atoms with Crippen LogP contribution in [0.15, 0.2) is 29.2 Å². The SMILES string of the molecule is CNS(=O)(=O)c1ccc(NC2CCNCC2)cc1. The first-order valence-electron chi connectivity index (χ1n) is 6.13. The Balaban J connectivity index is 2.03. The maximum Gasteiger partial charge on any atom is 0.240 e. The highest BCUT2D eigenvalue weighted by Gasteiger charge is 2.14. The topological polar surface area (TPSA) is 70.2 Å². The summed E-state index contributed by atoms with van der Waals surface area (Å²) in [5, 5.41) is 6.73. The molecule has 0 amide bonds. The Morgan fingerprint density at radius 1 is 1.17 bits per heavy atom. The number of anilines is 1. The summed E-state index contributed by atoms with van der Waals surface area (Å²) in [7, 11) is -1.92. The second-order valence-corrected chi connectivity index (χ2v) is 6.29. The van der Waals surface area contributed by atoms with E-state index in [2.05, 4.69) is 15.4 Å². The Bertz CT molecular complexity index is 479. The third-order valence-corrected chi connectivity index (χ3v) is 4.57. The minimum absolute atomic E-state index is 0.292. The van der Waals surface area contributed by atoms with Crippen LogP contribution in [0.5, 0.6) is 0 Å². The van der Waals surface area contributed by atoms with Crippen molar-refractivity contribution in [3.63, 3.8) is 0 Å². The van der Waals surface area contributed by atoms with Crippen LogP contribution in [-0.2, 0) is 10.0 Å². The summed E-state index contributed by atoms with van der Waals surface area (Å²) >= 11 is 0. The molecule has 18 heavy (non-hydrogen) atoms. The first-order valence-corrected chi connectivity index (χ1v) is 7.61. The standard InChI is InChI=1S/C12H19N3O2S/c1-13-18(16,17)12-4-2-10(3-5-12)15-11-6-8-14-9-7-11/h2-5,11,13-15H,6-9H2,1H3. The molecule has 1 aliphatic heterocycles. The van der Waals surface area contributed by atoms with Gasteiger partial charge in [0.25, 0.3) is 0 Å². The van der Waals surface area contributed by atoms with E-state index in [1.807, 2.05) is 12.1 Å². The van der Waals surface area contributed by atoms with Crippen LogP contribution in [0.25, 0.3) is 0 Å². The quantitative estimate of drug-likeness (QED) is 0.755. The second-order valence-electron chi connectivity index (χ2n) is 4.40. The van der Waals surface area contributed by atoms with E-state index in [0.717, 1.165) is 31.6 Å². The molecule has 0 radical (unpaired) electrons. The lowest BCUT2D eigenvalue weighted by Crippen LogP contribution is -2.35. The van der Waals surface area contributed by atoms with Crippen LogP contribution >= 0.6 is 0 Å². The predicted molar refractivity (Wildman–Crippen MR) is 72.2 cm³/mol. The zero-order valence-electron chi connectivity index (χ0n) is 10.4. The Labute approximate surface area is 108 Å². The molecule has 3 N–H and O–H groups in total. The van der Waals surface area contributed by atoms with Gasteiger partial charge in [-0.05, 0) is 57.2 Å². The molecule has 6 heteroatoms. The van der Waals surface area contributed by atoms with Gasteiger partial charge in [-0.15, -0.1) is 0 Å². The van der Waals surface area contributed by atoms with Crippen LogP contribution in [0.4, 0.5) is 5.69 Å². The molecule has 0 bridgehead atoms. The van der Waals surface area contributed by atoms with Crippen LogP contribution in [-0.4, -0.2) is 34.6 Å². The summed E-state index contributed by atoms with van der Waals surface area (Å²) in [6.45, 7) is 2.06. The number of hydrogen-bond acceptors (Lipinski definition) is 4. The third-order valence-electron chi connectivity index (χ3n) is 3.14. The van der Waals surface area contributed by atoms with Crippen LogP contribution < -0.4 is 15.4 Å². The lowest BCUT2D eigenvalue weighted by Gasteiger charge is -2.24. The van der Waals surface area contributed by atoms with Crippen LogP contribution in [0.3, 0.4) is 0 Å². The fourth-order valence-corrected chi connectivity index (χ4v) is 2.78. The van der Waals surface area contributed by atoms with E-state index in [9.17, 15) is 8.42 Å². The average Bonchev–Trinajstić information content (AvgIpc) is 2.40. The molecule has 2 rings (SSSR count). The van der Waals surface area contributed by atoms with Gasteiger partial charge in [-0.2, -0.15) is 0 Å². The number of sulfonamides is 1. The van der Waals surface area contributed by atoms with Crippen molar-refractivity contribution >= 4 is 15.7 Å². The van der Waals surface area contributed by atoms with E-state index in [1.165, 1.54) is 7.05 Å². The molecule has 0 spiro atoms. The fourth-order valence-electron chi connectivity index (χ4n) is 2.05. The molecule has 0 atom stereocenters. The maximum atomic E-state index is 11.6. The number of piperidine rings is 1. The molecule has 1 aromatic carbocycles. The van der Waals surface area contributed by atoms with Gasteiger partial charge in [0.05, 0.1) is 4.90 Å². The number of benzene rings is 1. The Kier molecular flexibility index (Phi) is 4.21. The van der Waals surface area contributed by atoms with E-state index < -0.39 is 10.0 Å². The molecule has 1 saturated heterocycles. The second kappa shape index (κ2) is 5.69. The van der Waals surface area contributed by atoms with E-state index >= 15 is 0 Å². The van der Waals surface area contributed by atoms with Gasteiger partial charge < -0.3 is 10.6 Å². The summed E-state index contributed by atoms with van der Waals surface area (Å²) in [5.41, 5.74) is 0.969. The van der Waals surface area contributed by atoms with Gasteiger partial charge in [0.15, 0.2) is 0 Å². The minimum Gasteiger partial charge on any atom is -0.382 e. The smallest absolute Gasteiger partial charge is 0.240 e. The van der Waals surface area contributed by atoms with Crippen LogP contribution in [0, 0.1) is 0 Å². The van der Waals surface area contributed by atoms with Crippen LogP contribution in [0.2, 0.25) is 0 Å². The number of nitrogens with one attached hydrogen (secondary N) is 3. The van der Waals surface area contributed by atoms with Crippen molar-refractivity contribution in [2.45, 2.75) is 23.8 Å². The van der Waals surface area contributed by atoms with Gasteiger partial charge in [0.1, 0.15) is 0 Å². The van der Waals surface area contributed by atoms with Crippen molar-refractivity contribution in [1.82, 2.24) is 10.0 Å². The lowest BCUT2D eigenvalue weighted by atomic mass is 10.1. The molecule has 0 aliphatic carbocycles. The van der Waals surface area contributed by atoms with Gasteiger partial charge >= 0.3 is 0 Å². The van der Waals surface area contributed by atoms with Gasteiger partial charge in [0, 0.05) is 11.7 Å². The molecule has 1 heterocycles. The van der Waals surface area contributed by atoms with Crippen LogP contribution in [0.1, 0.15) is 12.8 Å². The summed E-state index contributed by atoms with van der Waals surface area (Å²) in [5.74, 6) is 0. The van der Waals surface area contributed by atoms with Crippen molar-refractivity contribution in [2.24, 2.45) is 0 Å². The van der Waals surface area contributed by atoms with Gasteiger partial charge in [0.2, 0.25) is 10.0 Å². The molecule has 5 nitrogen and oxygen atoms in total. The molecule has 0 saturated carbocycles. The highest BCUT2D eigenvalue weighted by atomic mass is 32.2. The van der Waals surface area contributed by atoms with E-state index in [4.69, 9.17) is 0 Å². The normalized spacial score (nSPS) is 17.6. The first kappa shape index (κ1) is 13.3. The van der Waals surface area contributed by atoms with E-state index in [-0.39, 0.29) is 0 Å². The number of rotatable bonds is 4. The Morgan fingerprint density at radius 2 is 1.78 bits per heavy atom. The van der Waals surface area contributed by atoms with E-state index in [1.54, 1.807) is 12.1 Å². The van der Waals surface area contributed by atoms with Gasteiger partial charge in [-0.1, -0.05) is 0 Å². The van der Waals surface area contributed by atoms with Gasteiger partial charge in [-0.25, -0.2) is 13.1 Å². The highest BCUT2D eigenvalue weighted by molar-refractivity contribution is 7.89. The molecule has 1 aromatic rings. The lowest BCUT2D eigenvalue weighted by molar-refractivity contribution is 0.479. The summed E-state index contributed by atoms with van der Waals surface area (Å²) in [4.78, 5) is 0.292. The summed E-state index contributed by atoms with van der Waals surface area (Å²) < 4.78 is 25.4. The highest BCUT2D eigenvalue weighted by Crippen LogP contribution is 2.16. The molecule has 0 unspecified atom stereocenters. The molecular weight excluding hydrogens is 250 g/mol. The molecular formula is C12H19N3O2S. The van der Waals surface area contributed by atoms with Crippen molar-refractivity contribution in [3.8, 4) is 0 Å². The zero-order chi connectivity index (χ0) is 13.0. The Hall–Kier alpha value is -1.11. The van der Waals surface area contributed by atoms with Crippen molar-refractivity contribution in [1.29, 1.82) is 0 Å². The average molecular weight is 269 g/mol. The number of hydrogen-bond donors (Lipinski definition) is 3. The van der Waals surface area contributed by atoms with Gasteiger partial charge in [-0.3, -0.25) is 0 Å². The Morgan fingerprint density at radius 3 is 2.33 bits per heavy atom. The minimum atomic E-state index is -3.34. The fraction of sp³-hybridized carbons (Fsp3) is 0.500. The first-order chi connectivity index (χ1) is 8.62. The molecule has 100 valence electrons. The predicted octanol–water partition coefficient (Wildman–Crippen LogP) is 0.759. The van der Waals surface area contributed by atoms with Crippen molar-refractivity contribution < 1.29 is 8.42 Å². The summed E-state index contributed by atoms with van der Waals surface area (Å²) in [6, 6.07) is 7.33. The van der Waals surface area contributed by atoms with Crippen molar-refractivity contribution in [2.75, 3.05) is 25.5 Å².